The van der Waals surface area contributed by atoms with Gasteiger partial charge in [0.15, 0.2) is 5.82 Å². The van der Waals surface area contributed by atoms with Crippen molar-refractivity contribution in [2.75, 3.05) is 18.8 Å². The number of aromatic nitrogens is 4. The van der Waals surface area contributed by atoms with Crippen LogP contribution in [0, 0.1) is 5.92 Å². The molecule has 1 aliphatic heterocycles. The zero-order chi connectivity index (χ0) is 14.8. The standard InChI is InChI=1S/C10H14F3N5OS/c1-6(5-20-10(11,12)13)9(19)18-3-2-7(4-18)8-14-16-17-15-8/h6-7H,2-5H2,1H3,(H,14,15,16,17). The predicted octanol–water partition coefficient (Wildman–Crippen LogP) is 1.40. The molecule has 1 fully saturated rings. The number of carbonyl (C=O) groups is 1. The van der Waals surface area contributed by atoms with E-state index in [1.165, 1.54) is 6.92 Å². The van der Waals surface area contributed by atoms with Crippen molar-refractivity contribution in [3.05, 3.63) is 5.82 Å². The van der Waals surface area contributed by atoms with E-state index in [0.717, 1.165) is 0 Å². The first-order chi connectivity index (χ1) is 9.37. The third kappa shape index (κ3) is 3.84. The van der Waals surface area contributed by atoms with Gasteiger partial charge in [-0.05, 0) is 6.42 Å². The number of tetrazole rings is 1. The first-order valence-electron chi connectivity index (χ1n) is 6.09. The van der Waals surface area contributed by atoms with Gasteiger partial charge in [-0.3, -0.25) is 4.79 Å². The lowest BCUT2D eigenvalue weighted by atomic mass is 10.1. The molecule has 0 spiro atoms. The largest absolute Gasteiger partial charge is 0.441 e. The third-order valence-electron chi connectivity index (χ3n) is 3.15. The predicted molar refractivity (Wildman–Crippen MR) is 65.8 cm³/mol. The van der Waals surface area contributed by atoms with Crippen LogP contribution in [0.5, 0.6) is 0 Å². The highest BCUT2D eigenvalue weighted by molar-refractivity contribution is 8.00. The summed E-state index contributed by atoms with van der Waals surface area (Å²) in [6, 6.07) is 0. The molecule has 1 aliphatic rings. The molecular formula is C10H14F3N5OS. The van der Waals surface area contributed by atoms with Crippen molar-refractivity contribution in [1.82, 2.24) is 25.5 Å². The summed E-state index contributed by atoms with van der Waals surface area (Å²) in [5.41, 5.74) is -4.30. The molecule has 0 saturated carbocycles. The van der Waals surface area contributed by atoms with E-state index in [1.54, 1.807) is 4.90 Å². The Kier molecular flexibility index (Phi) is 4.51. The van der Waals surface area contributed by atoms with Crippen molar-refractivity contribution in [2.45, 2.75) is 24.8 Å². The summed E-state index contributed by atoms with van der Waals surface area (Å²) in [5, 5.41) is 13.5. The normalized spacial score (nSPS) is 21.2. The molecule has 2 heterocycles. The van der Waals surface area contributed by atoms with E-state index in [1.807, 2.05) is 0 Å². The Labute approximate surface area is 117 Å². The number of likely N-dealkylation sites (tertiary alicyclic amines) is 1. The maximum atomic E-state index is 12.1. The highest BCUT2D eigenvalue weighted by Gasteiger charge is 2.34. The van der Waals surface area contributed by atoms with Gasteiger partial charge >= 0.3 is 5.51 Å². The van der Waals surface area contributed by atoms with E-state index >= 15 is 0 Å². The number of alkyl halides is 3. The third-order valence-corrected chi connectivity index (χ3v) is 4.14. The first-order valence-corrected chi connectivity index (χ1v) is 7.08. The molecule has 112 valence electrons. The quantitative estimate of drug-likeness (QED) is 0.910. The van der Waals surface area contributed by atoms with Crippen LogP contribution in [0.1, 0.15) is 25.1 Å². The lowest BCUT2D eigenvalue weighted by Gasteiger charge is -2.20. The zero-order valence-electron chi connectivity index (χ0n) is 10.7. The van der Waals surface area contributed by atoms with Gasteiger partial charge in [0.2, 0.25) is 5.91 Å². The monoisotopic (exact) mass is 309 g/mol. The van der Waals surface area contributed by atoms with Gasteiger partial charge in [-0.25, -0.2) is 0 Å². The fourth-order valence-corrected chi connectivity index (χ4v) is 2.70. The van der Waals surface area contributed by atoms with E-state index in [4.69, 9.17) is 0 Å². The number of amides is 1. The Morgan fingerprint density at radius 3 is 2.95 bits per heavy atom. The van der Waals surface area contributed by atoms with Crippen LogP contribution in [0.4, 0.5) is 13.2 Å². The second-order valence-electron chi connectivity index (χ2n) is 4.70. The van der Waals surface area contributed by atoms with E-state index in [0.29, 0.717) is 25.3 Å². The van der Waals surface area contributed by atoms with Gasteiger partial charge in [0, 0.05) is 30.7 Å². The Morgan fingerprint density at radius 1 is 1.60 bits per heavy atom. The number of aromatic amines is 1. The highest BCUT2D eigenvalue weighted by Crippen LogP contribution is 2.32. The molecule has 0 bridgehead atoms. The molecule has 2 unspecified atom stereocenters. The molecule has 1 saturated heterocycles. The molecule has 10 heteroatoms. The van der Waals surface area contributed by atoms with E-state index in [-0.39, 0.29) is 29.3 Å². The van der Waals surface area contributed by atoms with E-state index < -0.39 is 11.4 Å². The van der Waals surface area contributed by atoms with Crippen LogP contribution in [0.15, 0.2) is 0 Å². The van der Waals surface area contributed by atoms with Gasteiger partial charge in [-0.15, -0.1) is 10.2 Å². The number of halogens is 3. The van der Waals surface area contributed by atoms with Gasteiger partial charge in [-0.2, -0.15) is 18.4 Å². The summed E-state index contributed by atoms with van der Waals surface area (Å²) in [5.74, 6) is -0.637. The lowest BCUT2D eigenvalue weighted by molar-refractivity contribution is -0.133. The smallest absolute Gasteiger partial charge is 0.342 e. The lowest BCUT2D eigenvalue weighted by Crippen LogP contribution is -2.34. The molecule has 2 rings (SSSR count). The topological polar surface area (TPSA) is 74.8 Å². The number of nitrogens with one attached hydrogen (secondary N) is 1. The summed E-state index contributed by atoms with van der Waals surface area (Å²) in [4.78, 5) is 13.6. The first kappa shape index (κ1) is 15.1. The van der Waals surface area contributed by atoms with Crippen LogP contribution in [-0.2, 0) is 4.79 Å². The number of H-pyrrole nitrogens is 1. The summed E-state index contributed by atoms with van der Waals surface area (Å²) in [7, 11) is 0. The molecular weight excluding hydrogens is 295 g/mol. The Morgan fingerprint density at radius 2 is 2.35 bits per heavy atom. The fraction of sp³-hybridized carbons (Fsp3) is 0.800. The van der Waals surface area contributed by atoms with Crippen molar-refractivity contribution < 1.29 is 18.0 Å². The Hall–Kier alpha value is -1.32. The second kappa shape index (κ2) is 5.98. The van der Waals surface area contributed by atoms with Crippen LogP contribution in [0.25, 0.3) is 0 Å². The number of hydrogen-bond donors (Lipinski definition) is 1. The van der Waals surface area contributed by atoms with Crippen LogP contribution in [-0.4, -0.2) is 55.8 Å². The molecule has 1 N–H and O–H groups in total. The van der Waals surface area contributed by atoms with Crippen LogP contribution in [0.3, 0.4) is 0 Å². The number of hydrogen-bond acceptors (Lipinski definition) is 5. The maximum Gasteiger partial charge on any atom is 0.441 e. The summed E-state index contributed by atoms with van der Waals surface area (Å²) < 4.78 is 36.3. The minimum Gasteiger partial charge on any atom is -0.342 e. The molecule has 0 radical (unpaired) electrons. The average molecular weight is 309 g/mol. The minimum atomic E-state index is -4.30. The fourth-order valence-electron chi connectivity index (χ4n) is 2.12. The number of carbonyl (C=O) groups excluding carboxylic acids is 1. The van der Waals surface area contributed by atoms with Crippen LogP contribution >= 0.6 is 11.8 Å². The SMILES string of the molecule is CC(CSC(F)(F)F)C(=O)N1CCC(c2nn[nH]n2)C1. The molecule has 6 nitrogen and oxygen atoms in total. The number of nitrogens with zero attached hydrogens (tertiary/aromatic N) is 4. The molecule has 2 atom stereocenters. The zero-order valence-corrected chi connectivity index (χ0v) is 11.5. The summed E-state index contributed by atoms with van der Waals surface area (Å²) >= 11 is -0.160. The maximum absolute atomic E-state index is 12.1. The average Bonchev–Trinajstić information content (AvgIpc) is 3.03. The van der Waals surface area contributed by atoms with E-state index in [9.17, 15) is 18.0 Å². The van der Waals surface area contributed by atoms with Crippen molar-refractivity contribution in [2.24, 2.45) is 5.92 Å². The van der Waals surface area contributed by atoms with Gasteiger partial charge in [0.05, 0.1) is 0 Å². The van der Waals surface area contributed by atoms with Crippen LogP contribution in [0.2, 0.25) is 0 Å². The summed E-state index contributed by atoms with van der Waals surface area (Å²) in [6.07, 6.45) is 0.699. The molecule has 0 aliphatic carbocycles. The molecule has 1 amide bonds. The molecule has 1 aromatic heterocycles. The van der Waals surface area contributed by atoms with Gasteiger partial charge < -0.3 is 4.90 Å². The van der Waals surface area contributed by atoms with E-state index in [2.05, 4.69) is 20.6 Å². The van der Waals surface area contributed by atoms with Crippen LogP contribution < -0.4 is 0 Å². The van der Waals surface area contributed by atoms with Gasteiger partial charge in [-0.1, -0.05) is 23.9 Å². The Bertz CT molecular complexity index is 452. The minimum absolute atomic E-state index is 0.000157. The van der Waals surface area contributed by atoms with Gasteiger partial charge in [0.25, 0.3) is 0 Å². The molecule has 0 aromatic carbocycles. The van der Waals surface area contributed by atoms with Crippen molar-refractivity contribution in [3.8, 4) is 0 Å². The Balaban J connectivity index is 1.85. The molecule has 1 aromatic rings. The number of thioether (sulfide) groups is 1. The summed E-state index contributed by atoms with van der Waals surface area (Å²) in [6.45, 7) is 2.46. The van der Waals surface area contributed by atoms with Crippen molar-refractivity contribution in [1.29, 1.82) is 0 Å². The second-order valence-corrected chi connectivity index (χ2v) is 5.78. The molecule has 20 heavy (non-hydrogen) atoms. The van der Waals surface area contributed by atoms with Crippen molar-refractivity contribution >= 4 is 17.7 Å². The highest BCUT2D eigenvalue weighted by atomic mass is 32.2. The van der Waals surface area contributed by atoms with Gasteiger partial charge in [0.1, 0.15) is 0 Å². The number of rotatable bonds is 4. The van der Waals surface area contributed by atoms with Crippen molar-refractivity contribution in [3.63, 3.8) is 0 Å².